The predicted octanol–water partition coefficient (Wildman–Crippen LogP) is 2.21. The molecule has 0 aliphatic heterocycles. The summed E-state index contributed by atoms with van der Waals surface area (Å²) in [5, 5.41) is 13.1. The van der Waals surface area contributed by atoms with Crippen LogP contribution in [-0.4, -0.2) is 45.3 Å². The first kappa shape index (κ1) is 16.7. The van der Waals surface area contributed by atoms with Crippen LogP contribution < -0.4 is 0 Å². The Balaban J connectivity index is 2.12. The van der Waals surface area contributed by atoms with E-state index in [1.807, 2.05) is 23.1 Å². The second-order valence-corrected chi connectivity index (χ2v) is 5.88. The topological polar surface area (TPSA) is 75.4 Å². The molecule has 0 fully saturated rings. The molecule has 0 aliphatic carbocycles. The maximum absolute atomic E-state index is 12.2. The zero-order valence-electron chi connectivity index (χ0n) is 13.6. The molecule has 0 bridgehead atoms. The van der Waals surface area contributed by atoms with Gasteiger partial charge in [-0.3, -0.25) is 14.3 Å². The highest BCUT2D eigenvalue weighted by atomic mass is 16.4. The number of benzene rings is 1. The van der Waals surface area contributed by atoms with Gasteiger partial charge in [0.05, 0.1) is 12.7 Å². The number of carboxylic acid groups (broad SMARTS) is 1. The van der Waals surface area contributed by atoms with Crippen molar-refractivity contribution in [3.05, 3.63) is 53.3 Å². The van der Waals surface area contributed by atoms with E-state index in [1.54, 1.807) is 18.2 Å². The standard InChI is InChI=1S/C17H21N3O3/c1-12(2)15-8-18-20(10-15)9-13-5-4-6-14(7-13)17(23)19(3)11-16(21)22/h4-8,10,12H,9,11H2,1-3H3,(H,21,22). The van der Waals surface area contributed by atoms with Gasteiger partial charge in [0, 0.05) is 18.8 Å². The molecule has 0 aliphatic rings. The van der Waals surface area contributed by atoms with E-state index < -0.39 is 5.97 Å². The summed E-state index contributed by atoms with van der Waals surface area (Å²) in [5.41, 5.74) is 2.58. The number of nitrogens with zero attached hydrogens (tertiary/aromatic N) is 3. The van der Waals surface area contributed by atoms with Gasteiger partial charge in [0.25, 0.3) is 5.91 Å². The number of aliphatic carboxylic acids is 1. The lowest BCUT2D eigenvalue weighted by Crippen LogP contribution is -2.31. The van der Waals surface area contributed by atoms with E-state index >= 15 is 0 Å². The fourth-order valence-electron chi connectivity index (χ4n) is 2.25. The lowest BCUT2D eigenvalue weighted by Gasteiger charge is -2.15. The molecule has 0 saturated heterocycles. The van der Waals surface area contributed by atoms with Gasteiger partial charge in [0.1, 0.15) is 6.54 Å². The molecule has 122 valence electrons. The third kappa shape index (κ3) is 4.42. The van der Waals surface area contributed by atoms with Gasteiger partial charge >= 0.3 is 5.97 Å². The summed E-state index contributed by atoms with van der Waals surface area (Å²) in [4.78, 5) is 24.1. The minimum absolute atomic E-state index is 0.308. The van der Waals surface area contributed by atoms with Crippen LogP contribution >= 0.6 is 0 Å². The van der Waals surface area contributed by atoms with E-state index in [9.17, 15) is 9.59 Å². The van der Waals surface area contributed by atoms with Crippen LogP contribution in [-0.2, 0) is 11.3 Å². The average molecular weight is 315 g/mol. The summed E-state index contributed by atoms with van der Waals surface area (Å²) in [7, 11) is 1.48. The molecule has 1 amide bonds. The molecule has 1 aromatic carbocycles. The molecule has 6 heteroatoms. The summed E-state index contributed by atoms with van der Waals surface area (Å²) in [6, 6.07) is 7.18. The largest absolute Gasteiger partial charge is 0.480 e. The Morgan fingerprint density at radius 1 is 1.35 bits per heavy atom. The second-order valence-electron chi connectivity index (χ2n) is 5.88. The van der Waals surface area contributed by atoms with Crippen molar-refractivity contribution >= 4 is 11.9 Å². The number of carbonyl (C=O) groups excluding carboxylic acids is 1. The number of carbonyl (C=O) groups is 2. The summed E-state index contributed by atoms with van der Waals surface area (Å²) in [6.45, 7) is 4.47. The van der Waals surface area contributed by atoms with Gasteiger partial charge in [-0.1, -0.05) is 26.0 Å². The minimum Gasteiger partial charge on any atom is -0.480 e. The number of likely N-dealkylation sites (N-methyl/N-ethyl adjacent to an activating group) is 1. The molecular weight excluding hydrogens is 294 g/mol. The summed E-state index contributed by atoms with van der Waals surface area (Å²) in [6.07, 6.45) is 3.84. The Morgan fingerprint density at radius 3 is 2.70 bits per heavy atom. The highest BCUT2D eigenvalue weighted by Gasteiger charge is 2.14. The van der Waals surface area contributed by atoms with Crippen molar-refractivity contribution in [3.8, 4) is 0 Å². The normalized spacial score (nSPS) is 10.8. The number of rotatable bonds is 6. The maximum atomic E-state index is 12.2. The lowest BCUT2D eigenvalue weighted by atomic mass is 10.1. The minimum atomic E-state index is -1.03. The van der Waals surface area contributed by atoms with Crippen molar-refractivity contribution in [2.24, 2.45) is 0 Å². The van der Waals surface area contributed by atoms with Crippen LogP contribution in [0.15, 0.2) is 36.7 Å². The van der Waals surface area contributed by atoms with Crippen molar-refractivity contribution < 1.29 is 14.7 Å². The molecule has 23 heavy (non-hydrogen) atoms. The highest BCUT2D eigenvalue weighted by molar-refractivity contribution is 5.95. The molecule has 1 heterocycles. The van der Waals surface area contributed by atoms with Gasteiger partial charge in [0.15, 0.2) is 0 Å². The van der Waals surface area contributed by atoms with E-state index in [0.29, 0.717) is 18.0 Å². The van der Waals surface area contributed by atoms with Crippen molar-refractivity contribution in [1.82, 2.24) is 14.7 Å². The number of hydrogen-bond donors (Lipinski definition) is 1. The SMILES string of the molecule is CC(C)c1cnn(Cc2cccc(C(=O)N(C)CC(=O)O)c2)c1. The fourth-order valence-corrected chi connectivity index (χ4v) is 2.25. The zero-order chi connectivity index (χ0) is 17.0. The van der Waals surface area contributed by atoms with Crippen LogP contribution in [0.5, 0.6) is 0 Å². The van der Waals surface area contributed by atoms with Gasteiger partial charge < -0.3 is 10.0 Å². The van der Waals surface area contributed by atoms with E-state index in [-0.39, 0.29) is 12.5 Å². The van der Waals surface area contributed by atoms with Crippen LogP contribution in [0, 0.1) is 0 Å². The van der Waals surface area contributed by atoms with Gasteiger partial charge in [-0.25, -0.2) is 0 Å². The van der Waals surface area contributed by atoms with Crippen LogP contribution in [0.2, 0.25) is 0 Å². The van der Waals surface area contributed by atoms with Crippen molar-refractivity contribution in [2.45, 2.75) is 26.3 Å². The third-order valence-electron chi connectivity index (χ3n) is 3.56. The van der Waals surface area contributed by atoms with Gasteiger partial charge in [0.2, 0.25) is 0 Å². The van der Waals surface area contributed by atoms with Gasteiger partial charge in [-0.2, -0.15) is 5.10 Å². The Labute approximate surface area is 135 Å². The molecule has 1 N–H and O–H groups in total. The summed E-state index contributed by atoms with van der Waals surface area (Å²) >= 11 is 0. The predicted molar refractivity (Wildman–Crippen MR) is 86.5 cm³/mol. The van der Waals surface area contributed by atoms with Crippen LogP contribution in [0.3, 0.4) is 0 Å². The summed E-state index contributed by atoms with van der Waals surface area (Å²) in [5.74, 6) is -0.923. The number of amides is 1. The number of carboxylic acids is 1. The first-order valence-electron chi connectivity index (χ1n) is 7.45. The summed E-state index contributed by atoms with van der Waals surface area (Å²) < 4.78 is 1.83. The van der Waals surface area contributed by atoms with Crippen LogP contribution in [0.1, 0.15) is 41.3 Å². The first-order valence-corrected chi connectivity index (χ1v) is 7.45. The van der Waals surface area contributed by atoms with Gasteiger partial charge in [-0.15, -0.1) is 0 Å². The molecule has 0 saturated carbocycles. The van der Waals surface area contributed by atoms with E-state index in [1.165, 1.54) is 17.5 Å². The number of aromatic nitrogens is 2. The molecule has 6 nitrogen and oxygen atoms in total. The Morgan fingerprint density at radius 2 is 2.09 bits per heavy atom. The maximum Gasteiger partial charge on any atom is 0.323 e. The van der Waals surface area contributed by atoms with Crippen molar-refractivity contribution in [3.63, 3.8) is 0 Å². The molecule has 0 unspecified atom stereocenters. The number of hydrogen-bond acceptors (Lipinski definition) is 3. The Hall–Kier alpha value is -2.63. The molecule has 0 radical (unpaired) electrons. The molecule has 0 spiro atoms. The van der Waals surface area contributed by atoms with E-state index in [0.717, 1.165) is 5.56 Å². The quantitative estimate of drug-likeness (QED) is 0.887. The van der Waals surface area contributed by atoms with E-state index in [2.05, 4.69) is 18.9 Å². The van der Waals surface area contributed by atoms with Crippen LogP contribution in [0.25, 0.3) is 0 Å². The highest BCUT2D eigenvalue weighted by Crippen LogP contribution is 2.14. The Bertz CT molecular complexity index is 707. The molecular formula is C17H21N3O3. The molecule has 2 aromatic rings. The lowest BCUT2D eigenvalue weighted by molar-refractivity contribution is -0.137. The average Bonchev–Trinajstić information content (AvgIpc) is 2.94. The monoisotopic (exact) mass is 315 g/mol. The third-order valence-corrected chi connectivity index (χ3v) is 3.56. The zero-order valence-corrected chi connectivity index (χ0v) is 13.6. The van der Waals surface area contributed by atoms with Crippen LogP contribution in [0.4, 0.5) is 0 Å². The molecule has 1 aromatic heterocycles. The molecule has 0 atom stereocenters. The smallest absolute Gasteiger partial charge is 0.323 e. The first-order chi connectivity index (χ1) is 10.9. The molecule has 2 rings (SSSR count). The van der Waals surface area contributed by atoms with Crippen molar-refractivity contribution in [2.75, 3.05) is 13.6 Å². The Kier molecular flexibility index (Phi) is 5.16. The van der Waals surface area contributed by atoms with Gasteiger partial charge in [-0.05, 0) is 29.2 Å². The van der Waals surface area contributed by atoms with Crippen molar-refractivity contribution in [1.29, 1.82) is 0 Å². The van der Waals surface area contributed by atoms with E-state index in [4.69, 9.17) is 5.11 Å². The second kappa shape index (κ2) is 7.09. The fraction of sp³-hybridized carbons (Fsp3) is 0.353.